The van der Waals surface area contributed by atoms with Crippen LogP contribution in [0.15, 0.2) is 42.5 Å². The molecule has 1 N–H and O–H groups in total. The Balaban J connectivity index is 1.98. The normalized spacial score (nSPS) is 12.5. The van der Waals surface area contributed by atoms with E-state index >= 15 is 0 Å². The Morgan fingerprint density at radius 3 is 2.73 bits per heavy atom. The summed E-state index contributed by atoms with van der Waals surface area (Å²) in [5.74, 6) is -0.399. The van der Waals surface area contributed by atoms with E-state index < -0.39 is 0 Å². The summed E-state index contributed by atoms with van der Waals surface area (Å²) in [4.78, 5) is 13.7. The smallest absolute Gasteiger partial charge is 0.244 e. The number of benzene rings is 1. The molecule has 1 aromatic carbocycles. The van der Waals surface area contributed by atoms with E-state index in [1.165, 1.54) is 18.2 Å². The van der Waals surface area contributed by atoms with Gasteiger partial charge in [0.25, 0.3) is 0 Å². The molecule has 0 fully saturated rings. The zero-order valence-electron chi connectivity index (χ0n) is 12.5. The number of halogens is 1. The second-order valence-electron chi connectivity index (χ2n) is 4.91. The molecule has 2 aromatic rings. The first kappa shape index (κ1) is 16.4. The highest BCUT2D eigenvalue weighted by atomic mass is 32.1. The third-order valence-corrected chi connectivity index (χ3v) is 4.06. The molecule has 0 aliphatic rings. The number of ether oxygens (including phenoxy) is 1. The van der Waals surface area contributed by atoms with Gasteiger partial charge in [-0.3, -0.25) is 4.79 Å². The lowest BCUT2D eigenvalue weighted by atomic mass is 10.2. The van der Waals surface area contributed by atoms with Crippen molar-refractivity contribution >= 4 is 23.3 Å². The van der Waals surface area contributed by atoms with Crippen molar-refractivity contribution in [3.05, 3.63) is 53.2 Å². The minimum atomic E-state index is -0.248. The van der Waals surface area contributed by atoms with Gasteiger partial charge in [-0.05, 0) is 42.8 Å². The average Bonchev–Trinajstić information content (AvgIpc) is 2.95. The van der Waals surface area contributed by atoms with Crippen molar-refractivity contribution in [3.63, 3.8) is 0 Å². The fraction of sp³-hybridized carbons (Fsp3) is 0.235. The van der Waals surface area contributed by atoms with Gasteiger partial charge in [0.1, 0.15) is 5.82 Å². The Labute approximate surface area is 133 Å². The molecule has 2 rings (SSSR count). The molecule has 3 nitrogen and oxygen atoms in total. The lowest BCUT2D eigenvalue weighted by molar-refractivity contribution is -0.117. The van der Waals surface area contributed by atoms with Gasteiger partial charge in [-0.1, -0.05) is 12.1 Å². The van der Waals surface area contributed by atoms with E-state index in [0.29, 0.717) is 6.61 Å². The lowest BCUT2D eigenvalue weighted by Crippen LogP contribution is -2.34. The number of nitrogens with one attached hydrogen (secondary N) is 1. The first-order chi connectivity index (χ1) is 10.6. The molecule has 0 radical (unpaired) electrons. The molecule has 1 unspecified atom stereocenters. The highest BCUT2D eigenvalue weighted by molar-refractivity contribution is 7.16. The van der Waals surface area contributed by atoms with E-state index in [1.54, 1.807) is 36.7 Å². The number of hydrogen-bond acceptors (Lipinski definition) is 3. The van der Waals surface area contributed by atoms with Crippen molar-refractivity contribution in [2.45, 2.75) is 13.0 Å². The molecule has 0 saturated heterocycles. The minimum Gasteiger partial charge on any atom is -0.383 e. The SMILES string of the molecule is COCC(C)NC(=O)/C=C/c1ccc(-c2ccc(F)cc2)s1. The average molecular weight is 319 g/mol. The van der Waals surface area contributed by atoms with Crippen molar-refractivity contribution in [3.8, 4) is 10.4 Å². The Bertz CT molecular complexity index is 649. The van der Waals surface area contributed by atoms with Gasteiger partial charge in [-0.2, -0.15) is 0 Å². The van der Waals surface area contributed by atoms with Crippen LogP contribution >= 0.6 is 11.3 Å². The molecule has 5 heteroatoms. The fourth-order valence-electron chi connectivity index (χ4n) is 1.95. The third kappa shape index (κ3) is 4.79. The first-order valence-electron chi connectivity index (χ1n) is 6.92. The standard InChI is InChI=1S/C17H18FNO2S/c1-12(11-21-2)19-17(20)10-8-15-7-9-16(22-15)13-3-5-14(18)6-4-13/h3-10,12H,11H2,1-2H3,(H,19,20)/b10-8+. The van der Waals surface area contributed by atoms with Gasteiger partial charge in [-0.25, -0.2) is 4.39 Å². The van der Waals surface area contributed by atoms with Crippen molar-refractivity contribution in [1.82, 2.24) is 5.32 Å². The minimum absolute atomic E-state index is 0.0275. The predicted octanol–water partition coefficient (Wildman–Crippen LogP) is 3.72. The summed E-state index contributed by atoms with van der Waals surface area (Å²) in [7, 11) is 1.60. The second-order valence-corrected chi connectivity index (χ2v) is 6.02. The topological polar surface area (TPSA) is 38.3 Å². The Kier molecular flexibility index (Phi) is 5.86. The molecule has 0 saturated carbocycles. The maximum atomic E-state index is 12.9. The number of hydrogen-bond donors (Lipinski definition) is 1. The van der Waals surface area contributed by atoms with Crippen LogP contribution in [0.2, 0.25) is 0 Å². The van der Waals surface area contributed by atoms with Crippen LogP contribution in [0.1, 0.15) is 11.8 Å². The third-order valence-electron chi connectivity index (χ3n) is 2.96. The van der Waals surface area contributed by atoms with Crippen LogP contribution in [0.3, 0.4) is 0 Å². The fourth-order valence-corrected chi connectivity index (χ4v) is 2.87. The van der Waals surface area contributed by atoms with Crippen LogP contribution in [-0.2, 0) is 9.53 Å². The van der Waals surface area contributed by atoms with Crippen LogP contribution in [0, 0.1) is 5.82 Å². The van der Waals surface area contributed by atoms with Crippen LogP contribution < -0.4 is 5.32 Å². The first-order valence-corrected chi connectivity index (χ1v) is 7.73. The van der Waals surface area contributed by atoms with Gasteiger partial charge < -0.3 is 10.1 Å². The van der Waals surface area contributed by atoms with Gasteiger partial charge in [0.05, 0.1) is 6.61 Å². The van der Waals surface area contributed by atoms with Crippen LogP contribution in [-0.4, -0.2) is 25.7 Å². The molecule has 0 aliphatic carbocycles. The number of rotatable bonds is 6. The molecule has 1 heterocycles. The molecule has 116 valence electrons. The number of thiophene rings is 1. The van der Waals surface area contributed by atoms with Crippen molar-refractivity contribution < 1.29 is 13.9 Å². The van der Waals surface area contributed by atoms with E-state index in [0.717, 1.165) is 15.3 Å². The quantitative estimate of drug-likeness (QED) is 0.824. The zero-order valence-corrected chi connectivity index (χ0v) is 13.3. The predicted molar refractivity (Wildman–Crippen MR) is 88.2 cm³/mol. The summed E-state index contributed by atoms with van der Waals surface area (Å²) >= 11 is 1.55. The molecule has 1 aromatic heterocycles. The Morgan fingerprint density at radius 2 is 2.05 bits per heavy atom. The maximum Gasteiger partial charge on any atom is 0.244 e. The van der Waals surface area contributed by atoms with Gasteiger partial charge in [0.15, 0.2) is 0 Å². The van der Waals surface area contributed by atoms with E-state index in [4.69, 9.17) is 4.74 Å². The Hall–Kier alpha value is -1.98. The van der Waals surface area contributed by atoms with E-state index in [-0.39, 0.29) is 17.8 Å². The highest BCUT2D eigenvalue weighted by Crippen LogP contribution is 2.28. The molecule has 1 amide bonds. The summed E-state index contributed by atoms with van der Waals surface area (Å²) in [5, 5.41) is 2.81. The lowest BCUT2D eigenvalue weighted by Gasteiger charge is -2.10. The largest absolute Gasteiger partial charge is 0.383 e. The summed E-state index contributed by atoms with van der Waals surface area (Å²) < 4.78 is 17.9. The molecule has 0 aliphatic heterocycles. The molecule has 0 bridgehead atoms. The monoisotopic (exact) mass is 319 g/mol. The number of methoxy groups -OCH3 is 1. The molecule has 1 atom stereocenters. The number of carbonyl (C=O) groups excluding carboxylic acids is 1. The summed E-state index contributed by atoms with van der Waals surface area (Å²) in [6.07, 6.45) is 3.28. The molecule has 22 heavy (non-hydrogen) atoms. The van der Waals surface area contributed by atoms with Crippen LogP contribution in [0.5, 0.6) is 0 Å². The van der Waals surface area contributed by atoms with E-state index in [1.807, 2.05) is 19.1 Å². The summed E-state index contributed by atoms with van der Waals surface area (Å²) in [5.41, 5.74) is 0.962. The van der Waals surface area contributed by atoms with Crippen molar-refractivity contribution in [2.75, 3.05) is 13.7 Å². The molecular weight excluding hydrogens is 301 g/mol. The van der Waals surface area contributed by atoms with Crippen LogP contribution in [0.25, 0.3) is 16.5 Å². The number of carbonyl (C=O) groups is 1. The second kappa shape index (κ2) is 7.87. The highest BCUT2D eigenvalue weighted by Gasteiger charge is 2.05. The number of amides is 1. The Morgan fingerprint density at radius 1 is 1.32 bits per heavy atom. The van der Waals surface area contributed by atoms with Crippen molar-refractivity contribution in [1.29, 1.82) is 0 Å². The van der Waals surface area contributed by atoms with Gasteiger partial charge in [-0.15, -0.1) is 11.3 Å². The maximum absolute atomic E-state index is 12.9. The van der Waals surface area contributed by atoms with Gasteiger partial charge in [0, 0.05) is 29.0 Å². The van der Waals surface area contributed by atoms with Gasteiger partial charge in [0.2, 0.25) is 5.91 Å². The van der Waals surface area contributed by atoms with Gasteiger partial charge >= 0.3 is 0 Å². The van der Waals surface area contributed by atoms with Crippen molar-refractivity contribution in [2.24, 2.45) is 0 Å². The molecular formula is C17H18FNO2S. The zero-order chi connectivity index (χ0) is 15.9. The van der Waals surface area contributed by atoms with E-state index in [9.17, 15) is 9.18 Å². The summed E-state index contributed by atoms with van der Waals surface area (Å²) in [6, 6.07) is 10.2. The van der Waals surface area contributed by atoms with E-state index in [2.05, 4.69) is 5.32 Å². The molecule has 0 spiro atoms. The van der Waals surface area contributed by atoms with Crippen LogP contribution in [0.4, 0.5) is 4.39 Å². The summed E-state index contributed by atoms with van der Waals surface area (Å²) in [6.45, 7) is 2.36.